The summed E-state index contributed by atoms with van der Waals surface area (Å²) in [6, 6.07) is 17.8. The summed E-state index contributed by atoms with van der Waals surface area (Å²) in [5.41, 5.74) is 8.50. The Balaban J connectivity index is 2.42. The lowest BCUT2D eigenvalue weighted by molar-refractivity contribution is 0.761. The van der Waals surface area contributed by atoms with E-state index in [-0.39, 0.29) is 0 Å². The van der Waals surface area contributed by atoms with Crippen molar-refractivity contribution in [1.82, 2.24) is 0 Å². The Kier molecular flexibility index (Phi) is 7.66. The minimum Gasteiger partial charge on any atom is -0.133 e. The van der Waals surface area contributed by atoms with E-state index in [0.717, 1.165) is 19.0 Å². The Morgan fingerprint density at radius 1 is 1.08 bits per heavy atom. The second kappa shape index (κ2) is 9.73. The third kappa shape index (κ3) is 5.16. The number of hydrogen-bond acceptors (Lipinski definition) is 0. The highest BCUT2D eigenvalue weighted by molar-refractivity contribution is 7.15. The fraction of sp³-hybridized carbons (Fsp3) is 0.333. The third-order valence-electron chi connectivity index (χ3n) is 4.84. The van der Waals surface area contributed by atoms with Gasteiger partial charge in [0, 0.05) is 0 Å². The van der Waals surface area contributed by atoms with Gasteiger partial charge in [-0.3, -0.25) is 0 Å². The van der Waals surface area contributed by atoms with Crippen molar-refractivity contribution in [2.45, 2.75) is 52.6 Å². The van der Waals surface area contributed by atoms with Crippen molar-refractivity contribution in [3.63, 3.8) is 0 Å². The second-order valence-electron chi connectivity index (χ2n) is 6.73. The highest BCUT2D eigenvalue weighted by Crippen LogP contribution is 2.33. The Bertz CT molecular complexity index is 735. The van der Waals surface area contributed by atoms with E-state index >= 15 is 0 Å². The summed E-state index contributed by atoms with van der Waals surface area (Å²) in [7, 11) is 2.87. The molecule has 2 atom stereocenters. The normalized spacial score (nSPS) is 13.8. The smallest absolute Gasteiger partial charge is 0.0122 e. The minimum absolute atomic E-state index is 0.511. The standard InChI is InChI=1S/C24H31P/c1-5-9-21(16-19(4)20-14-12-18(3)13-15-20)23(6-2)24-11-8-7-10-22(24)17-25/h5,7-15,19H,6,16-17,25H2,1-4H3/b9-5-,23-21-. The van der Waals surface area contributed by atoms with Crippen molar-refractivity contribution in [2.75, 3.05) is 0 Å². The SMILES string of the molecule is C/C=C\C(CC(C)c1ccc(C)cc1)=C(/CC)c1ccccc1CP. The first-order valence-electron chi connectivity index (χ1n) is 9.30. The quantitative estimate of drug-likeness (QED) is 0.363. The van der Waals surface area contributed by atoms with Crippen LogP contribution in [-0.4, -0.2) is 0 Å². The first-order chi connectivity index (χ1) is 12.1. The van der Waals surface area contributed by atoms with Crippen molar-refractivity contribution in [3.05, 3.63) is 88.5 Å². The van der Waals surface area contributed by atoms with Crippen LogP contribution in [0.25, 0.3) is 5.57 Å². The van der Waals surface area contributed by atoms with Crippen LogP contribution in [0, 0.1) is 6.92 Å². The van der Waals surface area contributed by atoms with E-state index in [4.69, 9.17) is 0 Å². The molecule has 0 N–H and O–H groups in total. The molecule has 0 amide bonds. The highest BCUT2D eigenvalue weighted by atomic mass is 31.0. The van der Waals surface area contributed by atoms with Gasteiger partial charge in [-0.25, -0.2) is 0 Å². The van der Waals surface area contributed by atoms with Gasteiger partial charge in [0.2, 0.25) is 0 Å². The van der Waals surface area contributed by atoms with Crippen molar-refractivity contribution < 1.29 is 0 Å². The summed E-state index contributed by atoms with van der Waals surface area (Å²) in [5.74, 6) is 0.511. The lowest BCUT2D eigenvalue weighted by Crippen LogP contribution is -2.00. The average molecular weight is 350 g/mol. The minimum atomic E-state index is 0.511. The van der Waals surface area contributed by atoms with Crippen molar-refractivity contribution in [3.8, 4) is 0 Å². The maximum absolute atomic E-state index is 2.87. The van der Waals surface area contributed by atoms with Gasteiger partial charge < -0.3 is 0 Å². The molecule has 1 heteroatoms. The Hall–Kier alpha value is -1.65. The number of rotatable bonds is 7. The lowest BCUT2D eigenvalue weighted by Gasteiger charge is -2.19. The van der Waals surface area contributed by atoms with Crippen LogP contribution in [0.4, 0.5) is 0 Å². The third-order valence-corrected chi connectivity index (χ3v) is 5.28. The predicted molar refractivity (Wildman–Crippen MR) is 116 cm³/mol. The van der Waals surface area contributed by atoms with Gasteiger partial charge in [0.1, 0.15) is 0 Å². The fourth-order valence-corrected chi connectivity index (χ4v) is 3.77. The molecule has 0 saturated carbocycles. The molecule has 0 bridgehead atoms. The van der Waals surface area contributed by atoms with Crippen LogP contribution in [0.1, 0.15) is 61.8 Å². The second-order valence-corrected chi connectivity index (χ2v) is 7.14. The van der Waals surface area contributed by atoms with Gasteiger partial charge in [-0.1, -0.05) is 80.1 Å². The van der Waals surface area contributed by atoms with Gasteiger partial charge >= 0.3 is 0 Å². The largest absolute Gasteiger partial charge is 0.133 e. The number of hydrogen-bond donors (Lipinski definition) is 0. The zero-order valence-electron chi connectivity index (χ0n) is 16.0. The van der Waals surface area contributed by atoms with Gasteiger partial charge in [0.05, 0.1) is 0 Å². The van der Waals surface area contributed by atoms with Crippen LogP contribution >= 0.6 is 9.24 Å². The number of aryl methyl sites for hydroxylation is 1. The van der Waals surface area contributed by atoms with Gasteiger partial charge in [-0.05, 0) is 66.6 Å². The zero-order chi connectivity index (χ0) is 18.2. The van der Waals surface area contributed by atoms with E-state index in [9.17, 15) is 0 Å². The van der Waals surface area contributed by atoms with Gasteiger partial charge in [-0.15, -0.1) is 9.24 Å². The first kappa shape index (κ1) is 19.7. The van der Waals surface area contributed by atoms with Gasteiger partial charge in [0.25, 0.3) is 0 Å². The molecule has 0 saturated heterocycles. The Morgan fingerprint density at radius 3 is 2.36 bits per heavy atom. The molecule has 0 fully saturated rings. The molecule has 2 aromatic carbocycles. The van der Waals surface area contributed by atoms with Crippen molar-refractivity contribution in [1.29, 1.82) is 0 Å². The number of allylic oxidation sites excluding steroid dienone is 4. The molecule has 0 spiro atoms. The molecular formula is C24H31P. The summed E-state index contributed by atoms with van der Waals surface area (Å²) in [5, 5.41) is 0. The van der Waals surface area contributed by atoms with E-state index in [0.29, 0.717) is 5.92 Å². The van der Waals surface area contributed by atoms with Crippen molar-refractivity contribution in [2.24, 2.45) is 0 Å². The highest BCUT2D eigenvalue weighted by Gasteiger charge is 2.13. The molecule has 0 aliphatic carbocycles. The molecular weight excluding hydrogens is 319 g/mol. The van der Waals surface area contributed by atoms with E-state index in [1.807, 2.05) is 0 Å². The maximum atomic E-state index is 2.87. The molecule has 0 heterocycles. The average Bonchev–Trinajstić information content (AvgIpc) is 2.63. The van der Waals surface area contributed by atoms with Crippen LogP contribution in [0.5, 0.6) is 0 Å². The van der Waals surface area contributed by atoms with E-state index < -0.39 is 0 Å². The Morgan fingerprint density at radius 2 is 1.76 bits per heavy atom. The van der Waals surface area contributed by atoms with E-state index in [1.165, 1.54) is 33.4 Å². The van der Waals surface area contributed by atoms with Crippen LogP contribution in [0.15, 0.2) is 66.3 Å². The van der Waals surface area contributed by atoms with Crippen LogP contribution in [-0.2, 0) is 6.16 Å². The molecule has 2 rings (SSSR count). The molecule has 132 valence electrons. The van der Waals surface area contributed by atoms with Crippen molar-refractivity contribution >= 4 is 14.8 Å². The molecule has 25 heavy (non-hydrogen) atoms. The van der Waals surface area contributed by atoms with E-state index in [2.05, 4.69) is 97.6 Å². The molecule has 0 radical (unpaired) electrons. The summed E-state index contributed by atoms with van der Waals surface area (Å²) in [4.78, 5) is 0. The lowest BCUT2D eigenvalue weighted by atomic mass is 9.86. The molecule has 0 aliphatic heterocycles. The van der Waals surface area contributed by atoms with Gasteiger partial charge in [-0.2, -0.15) is 0 Å². The molecule has 0 nitrogen and oxygen atoms in total. The predicted octanol–water partition coefficient (Wildman–Crippen LogP) is 7.30. The summed E-state index contributed by atoms with van der Waals surface area (Å²) in [6.07, 6.45) is 7.61. The topological polar surface area (TPSA) is 0 Å². The molecule has 2 unspecified atom stereocenters. The Labute approximate surface area is 156 Å². The monoisotopic (exact) mass is 350 g/mol. The van der Waals surface area contributed by atoms with Crippen LogP contribution in [0.3, 0.4) is 0 Å². The van der Waals surface area contributed by atoms with Gasteiger partial charge in [0.15, 0.2) is 0 Å². The fourth-order valence-electron chi connectivity index (χ4n) is 3.42. The maximum Gasteiger partial charge on any atom is -0.0122 e. The zero-order valence-corrected chi connectivity index (χ0v) is 17.2. The molecule has 2 aromatic rings. The number of benzene rings is 2. The summed E-state index contributed by atoms with van der Waals surface area (Å²) < 4.78 is 0. The molecule has 0 aliphatic rings. The first-order valence-corrected chi connectivity index (χ1v) is 10.1. The van der Waals surface area contributed by atoms with Crippen LogP contribution < -0.4 is 0 Å². The molecule has 0 aromatic heterocycles. The van der Waals surface area contributed by atoms with Crippen LogP contribution in [0.2, 0.25) is 0 Å². The summed E-state index contributed by atoms with van der Waals surface area (Å²) in [6.45, 7) is 8.87. The van der Waals surface area contributed by atoms with E-state index in [1.54, 1.807) is 0 Å². The summed E-state index contributed by atoms with van der Waals surface area (Å²) >= 11 is 0.